The number of nitrogens with two attached hydrogens (primary N) is 1. The third kappa shape index (κ3) is 2.14. The van der Waals surface area contributed by atoms with Crippen LogP contribution in [0.5, 0.6) is 0 Å². The summed E-state index contributed by atoms with van der Waals surface area (Å²) in [7, 11) is 0. The molecule has 0 bridgehead atoms. The lowest BCUT2D eigenvalue weighted by molar-refractivity contribution is -0.139. The van der Waals surface area contributed by atoms with Gasteiger partial charge in [-0.3, -0.25) is 9.59 Å². The zero-order valence-electron chi connectivity index (χ0n) is 9.82. The summed E-state index contributed by atoms with van der Waals surface area (Å²) >= 11 is 0. The van der Waals surface area contributed by atoms with Crippen molar-refractivity contribution >= 4 is 11.8 Å². The Kier molecular flexibility index (Phi) is 3.35. The highest BCUT2D eigenvalue weighted by molar-refractivity contribution is 5.86. The summed E-state index contributed by atoms with van der Waals surface area (Å²) in [4.78, 5) is 25.1. The number of aliphatic hydroxyl groups excluding tert-OH is 1. The summed E-state index contributed by atoms with van der Waals surface area (Å²) in [6.45, 7) is 1.52. The standard InChI is InChI=1S/C11H19N3O3/c12-8(7-15)9(16)14-5-2-11(3-6-14)1-4-13-10(11)17/h8,15H,1-7,12H2,(H,13,17)/t8-/m0/s1. The van der Waals surface area contributed by atoms with Gasteiger partial charge in [-0.2, -0.15) is 0 Å². The number of likely N-dealkylation sites (tertiary alicyclic amines) is 1. The fraction of sp³-hybridized carbons (Fsp3) is 0.818. The van der Waals surface area contributed by atoms with Crippen LogP contribution < -0.4 is 11.1 Å². The molecule has 0 aromatic carbocycles. The quantitative estimate of drug-likeness (QED) is 0.544. The fourth-order valence-electron chi connectivity index (χ4n) is 2.66. The minimum atomic E-state index is -0.832. The van der Waals surface area contributed by atoms with Gasteiger partial charge in [0.25, 0.3) is 0 Å². The lowest BCUT2D eigenvalue weighted by Crippen LogP contribution is -2.51. The number of piperidine rings is 1. The molecule has 2 amide bonds. The Morgan fingerprint density at radius 3 is 2.59 bits per heavy atom. The zero-order valence-corrected chi connectivity index (χ0v) is 9.82. The van der Waals surface area contributed by atoms with Crippen LogP contribution in [0.25, 0.3) is 0 Å². The van der Waals surface area contributed by atoms with Crippen molar-refractivity contribution in [2.75, 3.05) is 26.2 Å². The third-order valence-electron chi connectivity index (χ3n) is 3.92. The second-order valence-electron chi connectivity index (χ2n) is 4.90. The van der Waals surface area contributed by atoms with Crippen LogP contribution in [0.3, 0.4) is 0 Å². The maximum absolute atomic E-state index is 11.8. The van der Waals surface area contributed by atoms with Crippen molar-refractivity contribution in [2.24, 2.45) is 11.1 Å². The van der Waals surface area contributed by atoms with E-state index >= 15 is 0 Å². The number of aliphatic hydroxyl groups is 1. The van der Waals surface area contributed by atoms with E-state index in [2.05, 4.69) is 5.32 Å². The van der Waals surface area contributed by atoms with Gasteiger partial charge < -0.3 is 21.1 Å². The molecule has 2 aliphatic rings. The number of carbonyl (C=O) groups is 2. The first-order valence-electron chi connectivity index (χ1n) is 6.03. The highest BCUT2D eigenvalue weighted by Gasteiger charge is 2.45. The fourth-order valence-corrected chi connectivity index (χ4v) is 2.66. The molecule has 2 heterocycles. The Hall–Kier alpha value is -1.14. The number of rotatable bonds is 2. The lowest BCUT2D eigenvalue weighted by atomic mass is 9.77. The number of nitrogens with zero attached hydrogens (tertiary/aromatic N) is 1. The molecule has 0 unspecified atom stereocenters. The Morgan fingerprint density at radius 2 is 2.12 bits per heavy atom. The van der Waals surface area contributed by atoms with E-state index in [1.807, 2.05) is 0 Å². The SMILES string of the molecule is N[C@@H](CO)C(=O)N1CCC2(CCNC2=O)CC1. The van der Waals surface area contributed by atoms with Crippen LogP contribution in [0.4, 0.5) is 0 Å². The van der Waals surface area contributed by atoms with Crippen LogP contribution in [0.1, 0.15) is 19.3 Å². The monoisotopic (exact) mass is 241 g/mol. The first kappa shape index (κ1) is 12.3. The van der Waals surface area contributed by atoms with E-state index in [-0.39, 0.29) is 23.8 Å². The molecule has 17 heavy (non-hydrogen) atoms. The minimum absolute atomic E-state index is 0.121. The second-order valence-corrected chi connectivity index (χ2v) is 4.90. The van der Waals surface area contributed by atoms with Crippen molar-refractivity contribution in [3.05, 3.63) is 0 Å². The van der Waals surface area contributed by atoms with Gasteiger partial charge in [0.2, 0.25) is 11.8 Å². The van der Waals surface area contributed by atoms with Gasteiger partial charge in [0, 0.05) is 19.6 Å². The first-order chi connectivity index (χ1) is 8.09. The topological polar surface area (TPSA) is 95.7 Å². The van der Waals surface area contributed by atoms with Gasteiger partial charge in [-0.05, 0) is 19.3 Å². The number of hydrogen-bond acceptors (Lipinski definition) is 4. The van der Waals surface area contributed by atoms with Crippen LogP contribution >= 0.6 is 0 Å². The molecule has 2 saturated heterocycles. The maximum Gasteiger partial charge on any atom is 0.241 e. The van der Waals surface area contributed by atoms with Crippen molar-refractivity contribution in [3.63, 3.8) is 0 Å². The average molecular weight is 241 g/mol. The van der Waals surface area contributed by atoms with Gasteiger partial charge in [-0.1, -0.05) is 0 Å². The summed E-state index contributed by atoms with van der Waals surface area (Å²) in [5.74, 6) is -0.100. The summed E-state index contributed by atoms with van der Waals surface area (Å²) in [5, 5.41) is 11.7. The number of amides is 2. The number of hydrogen-bond donors (Lipinski definition) is 3. The molecule has 1 spiro atoms. The van der Waals surface area contributed by atoms with Gasteiger partial charge in [0.15, 0.2) is 0 Å². The molecular formula is C11H19N3O3. The van der Waals surface area contributed by atoms with Crippen molar-refractivity contribution in [2.45, 2.75) is 25.3 Å². The molecule has 96 valence electrons. The third-order valence-corrected chi connectivity index (χ3v) is 3.92. The first-order valence-corrected chi connectivity index (χ1v) is 6.03. The molecule has 2 aliphatic heterocycles. The number of carbonyl (C=O) groups excluding carboxylic acids is 2. The van der Waals surface area contributed by atoms with E-state index in [0.29, 0.717) is 25.9 Å². The largest absolute Gasteiger partial charge is 0.394 e. The molecule has 0 radical (unpaired) electrons. The van der Waals surface area contributed by atoms with E-state index in [1.54, 1.807) is 4.90 Å². The van der Waals surface area contributed by atoms with Gasteiger partial charge in [-0.15, -0.1) is 0 Å². The van der Waals surface area contributed by atoms with Crippen LogP contribution in [0.15, 0.2) is 0 Å². The Balaban J connectivity index is 1.94. The zero-order chi connectivity index (χ0) is 12.5. The molecule has 0 aromatic heterocycles. The molecule has 2 fully saturated rings. The molecule has 4 N–H and O–H groups in total. The van der Waals surface area contributed by atoms with Crippen molar-refractivity contribution in [1.82, 2.24) is 10.2 Å². The average Bonchev–Trinajstić information content (AvgIpc) is 2.70. The Labute approximate surface area is 100 Å². The van der Waals surface area contributed by atoms with Crippen molar-refractivity contribution in [3.8, 4) is 0 Å². The van der Waals surface area contributed by atoms with E-state index < -0.39 is 6.04 Å². The summed E-state index contributed by atoms with van der Waals surface area (Å²) in [6, 6.07) is -0.832. The predicted molar refractivity (Wildman–Crippen MR) is 60.9 cm³/mol. The Bertz CT molecular complexity index is 324. The van der Waals surface area contributed by atoms with Gasteiger partial charge in [0.1, 0.15) is 6.04 Å². The van der Waals surface area contributed by atoms with Crippen molar-refractivity contribution < 1.29 is 14.7 Å². The lowest BCUT2D eigenvalue weighted by Gasteiger charge is -2.38. The molecule has 0 aromatic rings. The number of nitrogens with one attached hydrogen (secondary N) is 1. The second kappa shape index (κ2) is 4.62. The van der Waals surface area contributed by atoms with E-state index in [0.717, 1.165) is 13.0 Å². The summed E-state index contributed by atoms with van der Waals surface area (Å²) in [6.07, 6.45) is 2.26. The highest BCUT2D eigenvalue weighted by Crippen LogP contribution is 2.37. The Morgan fingerprint density at radius 1 is 1.47 bits per heavy atom. The highest BCUT2D eigenvalue weighted by atomic mass is 16.3. The van der Waals surface area contributed by atoms with Gasteiger partial charge in [0.05, 0.1) is 12.0 Å². The van der Waals surface area contributed by atoms with Crippen LogP contribution in [-0.4, -0.2) is 54.1 Å². The predicted octanol–water partition coefficient (Wildman–Crippen LogP) is -1.57. The maximum atomic E-state index is 11.8. The van der Waals surface area contributed by atoms with E-state index in [4.69, 9.17) is 10.8 Å². The smallest absolute Gasteiger partial charge is 0.241 e. The van der Waals surface area contributed by atoms with Crippen LogP contribution in [-0.2, 0) is 9.59 Å². The summed E-state index contributed by atoms with van der Waals surface area (Å²) < 4.78 is 0. The molecule has 1 atom stereocenters. The molecule has 2 rings (SSSR count). The molecule has 6 heteroatoms. The van der Waals surface area contributed by atoms with Crippen LogP contribution in [0.2, 0.25) is 0 Å². The molecular weight excluding hydrogens is 222 g/mol. The van der Waals surface area contributed by atoms with E-state index in [1.165, 1.54) is 0 Å². The minimum Gasteiger partial charge on any atom is -0.394 e. The van der Waals surface area contributed by atoms with Crippen molar-refractivity contribution in [1.29, 1.82) is 0 Å². The summed E-state index contributed by atoms with van der Waals surface area (Å²) in [5.41, 5.74) is 5.24. The van der Waals surface area contributed by atoms with E-state index in [9.17, 15) is 9.59 Å². The molecule has 6 nitrogen and oxygen atoms in total. The molecule has 0 saturated carbocycles. The van der Waals surface area contributed by atoms with Crippen LogP contribution in [0, 0.1) is 5.41 Å². The molecule has 0 aliphatic carbocycles. The van der Waals surface area contributed by atoms with Gasteiger partial charge in [-0.25, -0.2) is 0 Å². The normalized spacial score (nSPS) is 24.8. The van der Waals surface area contributed by atoms with Gasteiger partial charge >= 0.3 is 0 Å².